The van der Waals surface area contributed by atoms with E-state index in [4.69, 9.17) is 4.74 Å². The fourth-order valence-electron chi connectivity index (χ4n) is 2.21. The van der Waals surface area contributed by atoms with E-state index < -0.39 is 0 Å². The molecule has 0 radical (unpaired) electrons. The SMILES string of the molecule is COc1c(C)cnc(CC(=O)c2cc(Br)ccc2Br)c1C. The van der Waals surface area contributed by atoms with Gasteiger partial charge in [0.15, 0.2) is 5.78 Å². The van der Waals surface area contributed by atoms with Gasteiger partial charge in [0.2, 0.25) is 0 Å². The molecule has 3 nitrogen and oxygen atoms in total. The van der Waals surface area contributed by atoms with E-state index in [1.54, 1.807) is 13.3 Å². The Balaban J connectivity index is 2.34. The second kappa shape index (κ2) is 6.71. The van der Waals surface area contributed by atoms with Crippen LogP contribution in [0.4, 0.5) is 0 Å². The van der Waals surface area contributed by atoms with Gasteiger partial charge in [-0.1, -0.05) is 31.9 Å². The van der Waals surface area contributed by atoms with Gasteiger partial charge in [0, 0.05) is 31.8 Å². The highest BCUT2D eigenvalue weighted by atomic mass is 79.9. The summed E-state index contributed by atoms with van der Waals surface area (Å²) >= 11 is 6.80. The Kier molecular flexibility index (Phi) is 5.17. The predicted molar refractivity (Wildman–Crippen MR) is 90.1 cm³/mol. The molecule has 0 fully saturated rings. The van der Waals surface area contributed by atoms with Crippen LogP contribution in [-0.2, 0) is 6.42 Å². The van der Waals surface area contributed by atoms with E-state index in [9.17, 15) is 4.79 Å². The molecule has 1 aromatic heterocycles. The molecule has 0 bridgehead atoms. The average molecular weight is 413 g/mol. The van der Waals surface area contributed by atoms with Gasteiger partial charge >= 0.3 is 0 Å². The zero-order chi connectivity index (χ0) is 15.6. The molecule has 5 heteroatoms. The van der Waals surface area contributed by atoms with Crippen LogP contribution in [0.5, 0.6) is 5.75 Å². The normalized spacial score (nSPS) is 10.5. The van der Waals surface area contributed by atoms with Gasteiger partial charge in [0.25, 0.3) is 0 Å². The molecule has 0 amide bonds. The molecule has 0 aliphatic heterocycles. The van der Waals surface area contributed by atoms with Gasteiger partial charge in [-0.15, -0.1) is 0 Å². The maximum Gasteiger partial charge on any atom is 0.169 e. The van der Waals surface area contributed by atoms with Crippen LogP contribution in [0.3, 0.4) is 0 Å². The van der Waals surface area contributed by atoms with Crippen molar-refractivity contribution in [3.63, 3.8) is 0 Å². The lowest BCUT2D eigenvalue weighted by molar-refractivity contribution is 0.0991. The largest absolute Gasteiger partial charge is 0.496 e. The van der Waals surface area contributed by atoms with Crippen molar-refractivity contribution < 1.29 is 9.53 Å². The van der Waals surface area contributed by atoms with Gasteiger partial charge in [-0.05, 0) is 32.0 Å². The summed E-state index contributed by atoms with van der Waals surface area (Å²) in [5.41, 5.74) is 3.27. The molecule has 1 heterocycles. The summed E-state index contributed by atoms with van der Waals surface area (Å²) in [6.07, 6.45) is 1.99. The lowest BCUT2D eigenvalue weighted by atomic mass is 10.0. The fourth-order valence-corrected chi connectivity index (χ4v) is 3.04. The quantitative estimate of drug-likeness (QED) is 0.685. The number of ketones is 1. The third-order valence-corrected chi connectivity index (χ3v) is 4.49. The van der Waals surface area contributed by atoms with Gasteiger partial charge in [0.05, 0.1) is 19.2 Å². The summed E-state index contributed by atoms with van der Waals surface area (Å²) < 4.78 is 7.04. The first kappa shape index (κ1) is 16.2. The summed E-state index contributed by atoms with van der Waals surface area (Å²) in [5, 5.41) is 0. The molecule has 0 saturated carbocycles. The van der Waals surface area contributed by atoms with Gasteiger partial charge in [0.1, 0.15) is 5.75 Å². The first-order chi connectivity index (χ1) is 9.93. The number of hydrogen-bond acceptors (Lipinski definition) is 3. The molecule has 2 aromatic rings. The number of hydrogen-bond donors (Lipinski definition) is 0. The van der Waals surface area contributed by atoms with Crippen molar-refractivity contribution in [2.75, 3.05) is 7.11 Å². The Labute approximate surface area is 141 Å². The van der Waals surface area contributed by atoms with Crippen molar-refractivity contribution in [3.05, 3.63) is 55.7 Å². The number of methoxy groups -OCH3 is 1. The van der Waals surface area contributed by atoms with E-state index in [0.717, 1.165) is 31.5 Å². The third kappa shape index (κ3) is 3.52. The van der Waals surface area contributed by atoms with Crippen molar-refractivity contribution in [2.24, 2.45) is 0 Å². The van der Waals surface area contributed by atoms with Crippen LogP contribution in [0, 0.1) is 13.8 Å². The maximum atomic E-state index is 12.5. The van der Waals surface area contributed by atoms with Crippen molar-refractivity contribution in [1.29, 1.82) is 0 Å². The third-order valence-electron chi connectivity index (χ3n) is 3.31. The summed E-state index contributed by atoms with van der Waals surface area (Å²) in [6, 6.07) is 5.56. The Morgan fingerprint density at radius 2 is 2.00 bits per heavy atom. The Bertz CT molecular complexity index is 699. The number of benzene rings is 1. The predicted octanol–water partition coefficient (Wildman–Crippen LogP) is 4.66. The van der Waals surface area contributed by atoms with E-state index in [-0.39, 0.29) is 12.2 Å². The number of rotatable bonds is 4. The summed E-state index contributed by atoms with van der Waals surface area (Å²) in [4.78, 5) is 16.9. The summed E-state index contributed by atoms with van der Waals surface area (Å²) in [5.74, 6) is 0.811. The van der Waals surface area contributed by atoms with Gasteiger partial charge in [-0.3, -0.25) is 9.78 Å². The molecule has 0 saturated heterocycles. The Hall–Kier alpha value is -1.20. The first-order valence-electron chi connectivity index (χ1n) is 6.41. The monoisotopic (exact) mass is 411 g/mol. The zero-order valence-electron chi connectivity index (χ0n) is 12.0. The number of halogens is 2. The standard InChI is InChI=1S/C16H15Br2NO2/c1-9-8-19-14(10(2)16(9)21-3)7-15(20)12-6-11(17)4-5-13(12)18/h4-6,8H,7H2,1-3H3. The molecule has 1 aromatic carbocycles. The molecule has 0 atom stereocenters. The van der Waals surface area contributed by atoms with Gasteiger partial charge in [-0.25, -0.2) is 0 Å². The number of Topliss-reactive ketones (excluding diaryl/α,β-unsaturated/α-hetero) is 1. The number of nitrogens with zero attached hydrogens (tertiary/aromatic N) is 1. The number of carbonyl (C=O) groups is 1. The molecule has 0 unspecified atom stereocenters. The van der Waals surface area contributed by atoms with Crippen LogP contribution in [0.2, 0.25) is 0 Å². The van der Waals surface area contributed by atoms with Crippen molar-refractivity contribution in [2.45, 2.75) is 20.3 Å². The molecule has 2 rings (SSSR count). The maximum absolute atomic E-state index is 12.5. The van der Waals surface area contributed by atoms with Gasteiger partial charge in [-0.2, -0.15) is 0 Å². The first-order valence-corrected chi connectivity index (χ1v) is 8.00. The molecule has 0 spiro atoms. The van der Waals surface area contributed by atoms with E-state index in [0.29, 0.717) is 5.56 Å². The van der Waals surface area contributed by atoms with Crippen LogP contribution >= 0.6 is 31.9 Å². The smallest absolute Gasteiger partial charge is 0.169 e. The van der Waals surface area contributed by atoms with Crippen molar-refractivity contribution >= 4 is 37.6 Å². The lowest BCUT2D eigenvalue weighted by Gasteiger charge is -2.12. The summed E-state index contributed by atoms with van der Waals surface area (Å²) in [7, 11) is 1.63. The van der Waals surface area contributed by atoms with Gasteiger partial charge < -0.3 is 4.74 Å². The molecule has 0 N–H and O–H groups in total. The fraction of sp³-hybridized carbons (Fsp3) is 0.250. The van der Waals surface area contributed by atoms with Crippen LogP contribution in [0.25, 0.3) is 0 Å². The Morgan fingerprint density at radius 1 is 1.29 bits per heavy atom. The second-order valence-corrected chi connectivity index (χ2v) is 6.54. The van der Waals surface area contributed by atoms with Crippen LogP contribution < -0.4 is 4.74 Å². The van der Waals surface area contributed by atoms with E-state index >= 15 is 0 Å². The number of aromatic nitrogens is 1. The topological polar surface area (TPSA) is 39.2 Å². The molecule has 21 heavy (non-hydrogen) atoms. The highest BCUT2D eigenvalue weighted by Crippen LogP contribution is 2.27. The zero-order valence-corrected chi connectivity index (χ0v) is 15.2. The minimum absolute atomic E-state index is 0.0182. The van der Waals surface area contributed by atoms with E-state index in [1.165, 1.54) is 0 Å². The van der Waals surface area contributed by atoms with Crippen LogP contribution in [0.15, 0.2) is 33.3 Å². The molecular weight excluding hydrogens is 398 g/mol. The van der Waals surface area contributed by atoms with Crippen LogP contribution in [0.1, 0.15) is 27.2 Å². The Morgan fingerprint density at radius 3 is 2.67 bits per heavy atom. The highest BCUT2D eigenvalue weighted by molar-refractivity contribution is 9.11. The second-order valence-electron chi connectivity index (χ2n) is 4.77. The van der Waals surface area contributed by atoms with Crippen molar-refractivity contribution in [3.8, 4) is 5.75 Å². The number of ether oxygens (including phenoxy) is 1. The average Bonchev–Trinajstić information content (AvgIpc) is 2.45. The summed E-state index contributed by atoms with van der Waals surface area (Å²) in [6.45, 7) is 3.87. The minimum atomic E-state index is 0.0182. The van der Waals surface area contributed by atoms with Crippen LogP contribution in [-0.4, -0.2) is 17.9 Å². The molecular formula is C16H15Br2NO2. The molecule has 0 aliphatic carbocycles. The molecule has 110 valence electrons. The minimum Gasteiger partial charge on any atom is -0.496 e. The number of pyridine rings is 1. The number of carbonyl (C=O) groups excluding carboxylic acids is 1. The van der Waals surface area contributed by atoms with Crippen molar-refractivity contribution in [1.82, 2.24) is 4.98 Å². The van der Waals surface area contributed by atoms with E-state index in [1.807, 2.05) is 32.0 Å². The molecule has 0 aliphatic rings. The lowest BCUT2D eigenvalue weighted by Crippen LogP contribution is -2.09. The highest BCUT2D eigenvalue weighted by Gasteiger charge is 2.16. The van der Waals surface area contributed by atoms with E-state index in [2.05, 4.69) is 36.8 Å². The number of aryl methyl sites for hydroxylation is 1.